The van der Waals surface area contributed by atoms with Gasteiger partial charge in [-0.2, -0.15) is 5.10 Å². The number of nitrogens with zero attached hydrogens (tertiary/aromatic N) is 2. The van der Waals surface area contributed by atoms with E-state index in [0.717, 1.165) is 5.69 Å². The zero-order valence-electron chi connectivity index (χ0n) is 10.9. The van der Waals surface area contributed by atoms with Crippen LogP contribution in [0, 0.1) is 6.92 Å². The summed E-state index contributed by atoms with van der Waals surface area (Å²) in [5.41, 5.74) is 0.868. The highest BCUT2D eigenvalue weighted by Crippen LogP contribution is 2.18. The maximum atomic E-state index is 12.1. The third-order valence-corrected chi connectivity index (χ3v) is 4.09. The summed E-state index contributed by atoms with van der Waals surface area (Å²) in [6.45, 7) is 1.85. The van der Waals surface area contributed by atoms with E-state index in [1.165, 1.54) is 19.2 Å². The maximum absolute atomic E-state index is 12.1. The molecular weight excluding hydrogens is 266 g/mol. The lowest BCUT2D eigenvalue weighted by Gasteiger charge is -2.06. The molecule has 1 aromatic carbocycles. The number of hydrogen-bond acceptors (Lipinski definition) is 4. The summed E-state index contributed by atoms with van der Waals surface area (Å²) < 4.78 is 33.3. The molecule has 7 heteroatoms. The van der Waals surface area contributed by atoms with Gasteiger partial charge in [-0.05, 0) is 31.2 Å². The summed E-state index contributed by atoms with van der Waals surface area (Å²) in [6.07, 6.45) is 0. The van der Waals surface area contributed by atoms with Gasteiger partial charge in [0.2, 0.25) is 0 Å². The Morgan fingerprint density at radius 1 is 1.26 bits per heavy atom. The highest BCUT2D eigenvalue weighted by Gasteiger charge is 2.16. The van der Waals surface area contributed by atoms with Crippen molar-refractivity contribution in [3.8, 4) is 5.75 Å². The number of sulfonamides is 1. The Hall–Kier alpha value is -2.02. The SMILES string of the molecule is COc1ccc(S(=O)(=O)Nc2cc(C)n(C)n2)cc1. The molecule has 102 valence electrons. The smallest absolute Gasteiger partial charge is 0.263 e. The van der Waals surface area contributed by atoms with Crippen LogP contribution in [0.3, 0.4) is 0 Å². The Morgan fingerprint density at radius 3 is 2.37 bits per heavy atom. The van der Waals surface area contributed by atoms with Gasteiger partial charge in [0.15, 0.2) is 5.82 Å². The van der Waals surface area contributed by atoms with E-state index in [2.05, 4.69) is 9.82 Å². The monoisotopic (exact) mass is 281 g/mol. The standard InChI is InChI=1S/C12H15N3O3S/c1-9-8-12(13-15(9)2)14-19(16,17)11-6-4-10(18-3)5-7-11/h4-8H,1-3H3,(H,13,14). The first-order valence-corrected chi connectivity index (χ1v) is 7.08. The zero-order valence-corrected chi connectivity index (χ0v) is 11.7. The van der Waals surface area contributed by atoms with Crippen LogP contribution in [0.15, 0.2) is 35.2 Å². The van der Waals surface area contributed by atoms with Gasteiger partial charge in [0, 0.05) is 18.8 Å². The molecule has 1 heterocycles. The minimum absolute atomic E-state index is 0.164. The molecule has 2 aromatic rings. The molecule has 0 atom stereocenters. The molecule has 0 spiro atoms. The normalized spacial score (nSPS) is 11.3. The van der Waals surface area contributed by atoms with Gasteiger partial charge in [-0.3, -0.25) is 9.40 Å². The lowest BCUT2D eigenvalue weighted by Crippen LogP contribution is -2.13. The quantitative estimate of drug-likeness (QED) is 0.922. The fraction of sp³-hybridized carbons (Fsp3) is 0.250. The molecule has 0 aliphatic carbocycles. The van der Waals surface area contributed by atoms with Crippen molar-refractivity contribution >= 4 is 15.8 Å². The molecule has 1 aromatic heterocycles. The predicted molar refractivity (Wildman–Crippen MR) is 71.7 cm³/mol. The molecule has 0 radical (unpaired) electrons. The number of aromatic nitrogens is 2. The zero-order chi connectivity index (χ0) is 14.0. The maximum Gasteiger partial charge on any atom is 0.263 e. The topological polar surface area (TPSA) is 73.2 Å². The van der Waals surface area contributed by atoms with Gasteiger partial charge in [0.1, 0.15) is 5.75 Å². The molecule has 0 aliphatic heterocycles. The Balaban J connectivity index is 2.26. The second-order valence-electron chi connectivity index (χ2n) is 4.08. The summed E-state index contributed by atoms with van der Waals surface area (Å²) in [4.78, 5) is 0.164. The van der Waals surface area contributed by atoms with Crippen LogP contribution in [0.25, 0.3) is 0 Å². The molecule has 0 saturated carbocycles. The van der Waals surface area contributed by atoms with Gasteiger partial charge in [0.25, 0.3) is 10.0 Å². The van der Waals surface area contributed by atoms with Gasteiger partial charge in [-0.1, -0.05) is 0 Å². The molecule has 0 amide bonds. The summed E-state index contributed by atoms with van der Waals surface area (Å²) in [6, 6.07) is 7.82. The van der Waals surface area contributed by atoms with E-state index in [1.54, 1.807) is 29.9 Å². The van der Waals surface area contributed by atoms with Crippen molar-refractivity contribution in [1.29, 1.82) is 0 Å². The van der Waals surface area contributed by atoms with Crippen molar-refractivity contribution in [1.82, 2.24) is 9.78 Å². The summed E-state index contributed by atoms with van der Waals surface area (Å²) in [5, 5.41) is 4.06. The molecule has 0 fully saturated rings. The average Bonchev–Trinajstić information content (AvgIpc) is 2.67. The minimum Gasteiger partial charge on any atom is -0.497 e. The Labute approximate surface area is 112 Å². The van der Waals surface area contributed by atoms with E-state index in [-0.39, 0.29) is 4.90 Å². The van der Waals surface area contributed by atoms with Crippen molar-refractivity contribution < 1.29 is 13.2 Å². The Kier molecular flexibility index (Phi) is 3.48. The van der Waals surface area contributed by atoms with Crippen LogP contribution >= 0.6 is 0 Å². The fourth-order valence-corrected chi connectivity index (χ4v) is 2.55. The Bertz CT molecular complexity index is 655. The van der Waals surface area contributed by atoms with Gasteiger partial charge in [-0.25, -0.2) is 8.42 Å². The van der Waals surface area contributed by atoms with Crippen LogP contribution in [0.4, 0.5) is 5.82 Å². The van der Waals surface area contributed by atoms with Crippen LogP contribution in [0.5, 0.6) is 5.75 Å². The third-order valence-electron chi connectivity index (χ3n) is 2.72. The van der Waals surface area contributed by atoms with Crippen molar-refractivity contribution in [2.24, 2.45) is 7.05 Å². The van der Waals surface area contributed by atoms with Crippen molar-refractivity contribution in [3.05, 3.63) is 36.0 Å². The number of aryl methyl sites for hydroxylation is 2. The second-order valence-corrected chi connectivity index (χ2v) is 5.76. The molecule has 19 heavy (non-hydrogen) atoms. The lowest BCUT2D eigenvalue weighted by molar-refractivity contribution is 0.414. The fourth-order valence-electron chi connectivity index (χ4n) is 1.56. The van der Waals surface area contributed by atoms with Crippen molar-refractivity contribution in [2.45, 2.75) is 11.8 Å². The molecule has 6 nitrogen and oxygen atoms in total. The van der Waals surface area contributed by atoms with Crippen molar-refractivity contribution in [2.75, 3.05) is 11.8 Å². The number of methoxy groups -OCH3 is 1. The number of anilines is 1. The molecule has 0 aliphatic rings. The Morgan fingerprint density at radius 2 is 1.89 bits per heavy atom. The summed E-state index contributed by atoms with van der Waals surface area (Å²) in [7, 11) is -0.346. The van der Waals surface area contributed by atoms with Gasteiger partial charge in [-0.15, -0.1) is 0 Å². The molecule has 0 unspecified atom stereocenters. The molecule has 1 N–H and O–H groups in total. The predicted octanol–water partition coefficient (Wildman–Crippen LogP) is 1.54. The second kappa shape index (κ2) is 4.93. The van der Waals surface area contributed by atoms with E-state index in [0.29, 0.717) is 11.6 Å². The molecular formula is C12H15N3O3S. The molecule has 2 rings (SSSR count). The van der Waals surface area contributed by atoms with Crippen LogP contribution in [-0.4, -0.2) is 25.3 Å². The number of ether oxygens (including phenoxy) is 1. The highest BCUT2D eigenvalue weighted by molar-refractivity contribution is 7.92. The average molecular weight is 281 g/mol. The minimum atomic E-state index is -3.62. The summed E-state index contributed by atoms with van der Waals surface area (Å²) in [5.74, 6) is 0.906. The lowest BCUT2D eigenvalue weighted by atomic mass is 10.3. The first-order chi connectivity index (χ1) is 8.92. The number of benzene rings is 1. The van der Waals surface area contributed by atoms with E-state index in [4.69, 9.17) is 4.74 Å². The third kappa shape index (κ3) is 2.87. The van der Waals surface area contributed by atoms with E-state index >= 15 is 0 Å². The van der Waals surface area contributed by atoms with Crippen molar-refractivity contribution in [3.63, 3.8) is 0 Å². The summed E-state index contributed by atoms with van der Waals surface area (Å²) >= 11 is 0. The van der Waals surface area contributed by atoms with Crippen LogP contribution in [0.2, 0.25) is 0 Å². The number of nitrogens with one attached hydrogen (secondary N) is 1. The van der Waals surface area contributed by atoms with Gasteiger partial charge in [0.05, 0.1) is 12.0 Å². The molecule has 0 bridgehead atoms. The number of hydrogen-bond donors (Lipinski definition) is 1. The van der Waals surface area contributed by atoms with E-state index < -0.39 is 10.0 Å². The van der Waals surface area contributed by atoms with Gasteiger partial charge < -0.3 is 4.74 Å². The first-order valence-electron chi connectivity index (χ1n) is 5.60. The first kappa shape index (κ1) is 13.4. The van der Waals surface area contributed by atoms with Gasteiger partial charge >= 0.3 is 0 Å². The molecule has 0 saturated heterocycles. The van der Waals surface area contributed by atoms with E-state index in [1.807, 2.05) is 6.92 Å². The highest BCUT2D eigenvalue weighted by atomic mass is 32.2. The largest absolute Gasteiger partial charge is 0.497 e. The van der Waals surface area contributed by atoms with E-state index in [9.17, 15) is 8.42 Å². The van der Waals surface area contributed by atoms with Crippen LogP contribution < -0.4 is 9.46 Å². The van der Waals surface area contributed by atoms with Crippen LogP contribution in [-0.2, 0) is 17.1 Å². The van der Waals surface area contributed by atoms with Crippen LogP contribution in [0.1, 0.15) is 5.69 Å². The number of rotatable bonds is 4.